The van der Waals surface area contributed by atoms with Gasteiger partial charge in [-0.2, -0.15) is 29.2 Å². The van der Waals surface area contributed by atoms with E-state index >= 15 is 0 Å². The summed E-state index contributed by atoms with van der Waals surface area (Å²) in [5.41, 5.74) is -1.33. The zero-order valence-electron chi connectivity index (χ0n) is 11.0. The molecule has 8 heteroatoms. The molecule has 110 valence electrons. The van der Waals surface area contributed by atoms with Crippen molar-refractivity contribution in [1.82, 2.24) is 9.03 Å². The Hall–Kier alpha value is -0.310. The minimum Gasteiger partial charge on any atom is -0.480 e. The summed E-state index contributed by atoms with van der Waals surface area (Å²) in [5.74, 6) is -0.112. The molecule has 0 aromatic carbocycles. The fraction of sp³-hybridized carbons (Fsp3) is 0.909. The second kappa shape index (κ2) is 5.59. The van der Waals surface area contributed by atoms with E-state index < -0.39 is 21.7 Å². The second-order valence-electron chi connectivity index (χ2n) is 5.25. The molecule has 6 nitrogen and oxygen atoms in total. The lowest BCUT2D eigenvalue weighted by Gasteiger charge is -2.35. The summed E-state index contributed by atoms with van der Waals surface area (Å²) < 4.78 is 28.7. The van der Waals surface area contributed by atoms with Crippen LogP contribution in [-0.4, -0.2) is 53.4 Å². The van der Waals surface area contributed by atoms with Gasteiger partial charge in [0.1, 0.15) is 5.54 Å². The Morgan fingerprint density at radius 3 is 2.74 bits per heavy atom. The Morgan fingerprint density at radius 1 is 1.47 bits per heavy atom. The molecular formula is C11H20N2O4S2. The molecule has 2 atom stereocenters. The molecule has 0 amide bonds. The largest absolute Gasteiger partial charge is 0.480 e. The zero-order chi connectivity index (χ0) is 14.1. The van der Waals surface area contributed by atoms with Gasteiger partial charge in [-0.05, 0) is 31.9 Å². The van der Waals surface area contributed by atoms with Crippen molar-refractivity contribution in [2.24, 2.45) is 0 Å². The number of carbonyl (C=O) groups is 1. The number of aliphatic carboxylic acids is 1. The molecule has 2 saturated heterocycles. The van der Waals surface area contributed by atoms with Crippen LogP contribution in [0.2, 0.25) is 0 Å². The third kappa shape index (κ3) is 3.07. The van der Waals surface area contributed by atoms with E-state index in [1.807, 2.05) is 6.92 Å². The predicted molar refractivity (Wildman–Crippen MR) is 74.4 cm³/mol. The van der Waals surface area contributed by atoms with Gasteiger partial charge in [-0.25, -0.2) is 0 Å². The van der Waals surface area contributed by atoms with E-state index in [0.717, 1.165) is 19.3 Å². The average molecular weight is 308 g/mol. The normalized spacial score (nSPS) is 33.4. The monoisotopic (exact) mass is 308 g/mol. The molecule has 0 aromatic rings. The summed E-state index contributed by atoms with van der Waals surface area (Å²) >= 11 is 1.47. The van der Waals surface area contributed by atoms with Gasteiger partial charge >= 0.3 is 5.97 Å². The van der Waals surface area contributed by atoms with E-state index in [4.69, 9.17) is 0 Å². The average Bonchev–Trinajstić information content (AvgIpc) is 2.78. The minimum atomic E-state index is -3.73. The second-order valence-corrected chi connectivity index (χ2v) is 7.98. The van der Waals surface area contributed by atoms with Gasteiger partial charge in [0.15, 0.2) is 0 Å². The number of carboxylic acids is 1. The molecule has 2 N–H and O–H groups in total. The van der Waals surface area contributed by atoms with E-state index in [9.17, 15) is 18.3 Å². The predicted octanol–water partition coefficient (Wildman–Crippen LogP) is 0.655. The highest BCUT2D eigenvalue weighted by atomic mass is 32.2. The molecule has 0 bridgehead atoms. The molecule has 0 aromatic heterocycles. The van der Waals surface area contributed by atoms with Gasteiger partial charge in [0.25, 0.3) is 10.2 Å². The number of nitrogens with zero attached hydrogens (tertiary/aromatic N) is 1. The number of thioether (sulfide) groups is 1. The molecule has 2 fully saturated rings. The number of piperidine rings is 1. The van der Waals surface area contributed by atoms with Crippen LogP contribution < -0.4 is 4.72 Å². The van der Waals surface area contributed by atoms with Crippen LogP contribution in [0.4, 0.5) is 0 Å². The van der Waals surface area contributed by atoms with Crippen LogP contribution in [0.3, 0.4) is 0 Å². The molecule has 2 aliphatic rings. The summed E-state index contributed by atoms with van der Waals surface area (Å²) in [5, 5.41) is 9.33. The molecule has 19 heavy (non-hydrogen) atoms. The number of carboxylic acid groups (broad SMARTS) is 1. The van der Waals surface area contributed by atoms with Crippen molar-refractivity contribution in [2.75, 3.05) is 18.1 Å². The van der Waals surface area contributed by atoms with E-state index in [1.165, 1.54) is 16.1 Å². The molecule has 2 heterocycles. The summed E-state index contributed by atoms with van der Waals surface area (Å²) in [6.07, 6.45) is 3.03. The molecule has 0 radical (unpaired) electrons. The first-order chi connectivity index (χ1) is 8.87. The van der Waals surface area contributed by atoms with Crippen molar-refractivity contribution in [1.29, 1.82) is 0 Å². The van der Waals surface area contributed by atoms with Crippen LogP contribution >= 0.6 is 11.8 Å². The lowest BCUT2D eigenvalue weighted by atomic mass is 10.0. The fourth-order valence-electron chi connectivity index (χ4n) is 2.59. The maximum atomic E-state index is 12.4. The van der Waals surface area contributed by atoms with Gasteiger partial charge in [0.05, 0.1) is 0 Å². The van der Waals surface area contributed by atoms with Crippen molar-refractivity contribution in [2.45, 2.75) is 44.2 Å². The van der Waals surface area contributed by atoms with Crippen LogP contribution in [0, 0.1) is 0 Å². The Labute approximate surface area is 118 Å². The van der Waals surface area contributed by atoms with Crippen molar-refractivity contribution < 1.29 is 18.3 Å². The quantitative estimate of drug-likeness (QED) is 0.796. The first-order valence-corrected chi connectivity index (χ1v) is 9.09. The van der Waals surface area contributed by atoms with E-state index in [-0.39, 0.29) is 6.04 Å². The number of hydrogen-bond acceptors (Lipinski definition) is 4. The van der Waals surface area contributed by atoms with Crippen LogP contribution in [-0.2, 0) is 15.0 Å². The molecule has 0 spiro atoms. The molecule has 0 saturated carbocycles. The van der Waals surface area contributed by atoms with Crippen molar-refractivity contribution >= 4 is 27.9 Å². The standard InChI is InChI=1S/C11H20N2O4S2/c1-9-4-2-3-6-13(9)19(16,17)12-11(10(14)15)5-7-18-8-11/h9,12H,2-8H2,1H3,(H,14,15). The highest BCUT2D eigenvalue weighted by Gasteiger charge is 2.47. The number of rotatable bonds is 4. The molecular weight excluding hydrogens is 288 g/mol. The maximum Gasteiger partial charge on any atom is 0.325 e. The van der Waals surface area contributed by atoms with Gasteiger partial charge < -0.3 is 5.11 Å². The minimum absolute atomic E-state index is 0.0637. The lowest BCUT2D eigenvalue weighted by molar-refractivity contribution is -0.143. The van der Waals surface area contributed by atoms with E-state index in [2.05, 4.69) is 4.72 Å². The summed E-state index contributed by atoms with van der Waals surface area (Å²) in [6, 6.07) is -0.0637. The molecule has 2 aliphatic heterocycles. The lowest BCUT2D eigenvalue weighted by Crippen LogP contribution is -2.60. The smallest absolute Gasteiger partial charge is 0.325 e. The topological polar surface area (TPSA) is 86.7 Å². The molecule has 2 unspecified atom stereocenters. The van der Waals surface area contributed by atoms with Crippen LogP contribution in [0.25, 0.3) is 0 Å². The van der Waals surface area contributed by atoms with Gasteiger partial charge in [0, 0.05) is 18.3 Å². The molecule has 2 rings (SSSR count). The third-order valence-electron chi connectivity index (χ3n) is 3.81. The fourth-order valence-corrected chi connectivity index (χ4v) is 5.83. The third-order valence-corrected chi connectivity index (χ3v) is 6.80. The van der Waals surface area contributed by atoms with Gasteiger partial charge in [-0.15, -0.1) is 0 Å². The van der Waals surface area contributed by atoms with Crippen molar-refractivity contribution in [3.8, 4) is 0 Å². The summed E-state index contributed by atoms with van der Waals surface area (Å²) in [4.78, 5) is 11.4. The van der Waals surface area contributed by atoms with Crippen molar-refractivity contribution in [3.05, 3.63) is 0 Å². The van der Waals surface area contributed by atoms with E-state index in [1.54, 1.807) is 0 Å². The Bertz CT molecular complexity index is 446. The van der Waals surface area contributed by atoms with Gasteiger partial charge in [0.2, 0.25) is 0 Å². The summed E-state index contributed by atoms with van der Waals surface area (Å²) in [6.45, 7) is 2.34. The van der Waals surface area contributed by atoms with Gasteiger partial charge in [-0.1, -0.05) is 6.42 Å². The maximum absolute atomic E-state index is 12.4. The van der Waals surface area contributed by atoms with Gasteiger partial charge in [-0.3, -0.25) is 4.79 Å². The zero-order valence-corrected chi connectivity index (χ0v) is 12.6. The SMILES string of the molecule is CC1CCCCN1S(=O)(=O)NC1(C(=O)O)CCSC1. The Morgan fingerprint density at radius 2 is 2.21 bits per heavy atom. The van der Waals surface area contributed by atoms with Crippen molar-refractivity contribution in [3.63, 3.8) is 0 Å². The van der Waals surface area contributed by atoms with E-state index in [0.29, 0.717) is 24.5 Å². The number of nitrogens with one attached hydrogen (secondary N) is 1. The Balaban J connectivity index is 2.17. The first kappa shape index (κ1) is 15.1. The highest BCUT2D eigenvalue weighted by molar-refractivity contribution is 7.99. The molecule has 0 aliphatic carbocycles. The highest BCUT2D eigenvalue weighted by Crippen LogP contribution is 2.30. The Kier molecular flexibility index (Phi) is 4.44. The first-order valence-electron chi connectivity index (χ1n) is 6.49. The summed E-state index contributed by atoms with van der Waals surface area (Å²) in [7, 11) is -3.73. The van der Waals surface area contributed by atoms with Crippen LogP contribution in [0.5, 0.6) is 0 Å². The van der Waals surface area contributed by atoms with Crippen LogP contribution in [0.15, 0.2) is 0 Å². The number of hydrogen-bond donors (Lipinski definition) is 2. The van der Waals surface area contributed by atoms with Crippen LogP contribution in [0.1, 0.15) is 32.6 Å².